The summed E-state index contributed by atoms with van der Waals surface area (Å²) in [7, 11) is 0. The normalized spacial score (nSPS) is 9.88. The molecule has 1 aromatic carbocycles. The fourth-order valence-corrected chi connectivity index (χ4v) is 1.34. The number of rotatable bonds is 5. The van der Waals surface area contributed by atoms with Crippen LogP contribution in [0.1, 0.15) is 30.6 Å². The van der Waals surface area contributed by atoms with E-state index in [9.17, 15) is 14.9 Å². The van der Waals surface area contributed by atoms with E-state index in [1.807, 2.05) is 6.92 Å². The number of nitro groups is 1. The zero-order valence-corrected chi connectivity index (χ0v) is 9.23. The molecule has 1 rings (SSSR count). The molecule has 0 aliphatic heterocycles. The van der Waals surface area contributed by atoms with Gasteiger partial charge in [0, 0.05) is 12.5 Å². The number of benzene rings is 1. The lowest BCUT2D eigenvalue weighted by Crippen LogP contribution is -2.03. The van der Waals surface area contributed by atoms with Crippen LogP contribution in [0.5, 0.6) is 5.75 Å². The number of nitro benzene ring substituents is 1. The molecule has 0 aliphatic carbocycles. The summed E-state index contributed by atoms with van der Waals surface area (Å²) in [6.45, 7) is 3.93. The Morgan fingerprint density at radius 3 is 2.62 bits per heavy atom. The fraction of sp³-hybridized carbons (Fsp3) is 0.364. The summed E-state index contributed by atoms with van der Waals surface area (Å²) in [6, 6.07) is 4.22. The van der Waals surface area contributed by atoms with Crippen molar-refractivity contribution < 1.29 is 14.5 Å². The van der Waals surface area contributed by atoms with Crippen LogP contribution < -0.4 is 4.74 Å². The molecule has 0 unspecified atom stereocenters. The summed E-state index contributed by atoms with van der Waals surface area (Å²) < 4.78 is 5.20. The standard InChI is InChI=1S/C11H13NO4/c1-3-11(13)9-7-8(16-4-2)5-6-10(9)12(14)15/h5-7H,3-4H2,1-2H3. The highest BCUT2D eigenvalue weighted by molar-refractivity contribution is 6.00. The number of hydrogen-bond acceptors (Lipinski definition) is 4. The molecule has 0 heterocycles. The maximum atomic E-state index is 11.5. The summed E-state index contributed by atoms with van der Waals surface area (Å²) in [5.41, 5.74) is -0.0613. The summed E-state index contributed by atoms with van der Waals surface area (Å²) in [4.78, 5) is 21.7. The molecule has 86 valence electrons. The van der Waals surface area contributed by atoms with Gasteiger partial charge in [0.05, 0.1) is 17.1 Å². The van der Waals surface area contributed by atoms with Gasteiger partial charge in [-0.1, -0.05) is 6.92 Å². The maximum Gasteiger partial charge on any atom is 0.280 e. The minimum absolute atomic E-state index is 0.110. The number of ketones is 1. The lowest BCUT2D eigenvalue weighted by molar-refractivity contribution is -0.385. The zero-order valence-electron chi connectivity index (χ0n) is 9.23. The van der Waals surface area contributed by atoms with Gasteiger partial charge in [-0.05, 0) is 19.1 Å². The van der Waals surface area contributed by atoms with Gasteiger partial charge in [-0.3, -0.25) is 14.9 Å². The van der Waals surface area contributed by atoms with E-state index in [-0.39, 0.29) is 23.5 Å². The Labute approximate surface area is 93.2 Å². The van der Waals surface area contributed by atoms with E-state index in [2.05, 4.69) is 0 Å². The van der Waals surface area contributed by atoms with Crippen molar-refractivity contribution in [2.24, 2.45) is 0 Å². The Bertz CT molecular complexity index is 414. The third-order valence-corrected chi connectivity index (χ3v) is 2.10. The monoisotopic (exact) mass is 223 g/mol. The number of Topliss-reactive ketones (excluding diaryl/α,β-unsaturated/α-hetero) is 1. The molecule has 16 heavy (non-hydrogen) atoms. The van der Waals surface area contributed by atoms with Crippen LogP contribution in [0.2, 0.25) is 0 Å². The average Bonchev–Trinajstić information content (AvgIpc) is 2.28. The molecular weight excluding hydrogens is 210 g/mol. The van der Waals surface area contributed by atoms with Gasteiger partial charge in [-0.25, -0.2) is 0 Å². The molecule has 0 N–H and O–H groups in total. The van der Waals surface area contributed by atoms with Gasteiger partial charge in [-0.2, -0.15) is 0 Å². The number of carbonyl (C=O) groups excluding carboxylic acids is 1. The van der Waals surface area contributed by atoms with Crippen molar-refractivity contribution in [3.8, 4) is 5.75 Å². The lowest BCUT2D eigenvalue weighted by atomic mass is 10.1. The third-order valence-electron chi connectivity index (χ3n) is 2.10. The van der Waals surface area contributed by atoms with E-state index < -0.39 is 4.92 Å². The largest absolute Gasteiger partial charge is 0.494 e. The predicted molar refractivity (Wildman–Crippen MR) is 58.9 cm³/mol. The Kier molecular flexibility index (Phi) is 3.99. The molecular formula is C11H13NO4. The van der Waals surface area contributed by atoms with Gasteiger partial charge in [0.2, 0.25) is 0 Å². The topological polar surface area (TPSA) is 69.4 Å². The number of ether oxygens (including phenoxy) is 1. The van der Waals surface area contributed by atoms with Crippen LogP contribution in [0.25, 0.3) is 0 Å². The van der Waals surface area contributed by atoms with Gasteiger partial charge in [0.15, 0.2) is 5.78 Å². The molecule has 0 amide bonds. The SMILES string of the molecule is CCOc1ccc([N+](=O)[O-])c(C(=O)CC)c1. The van der Waals surface area contributed by atoms with Crippen LogP contribution in [0, 0.1) is 10.1 Å². The first kappa shape index (κ1) is 12.2. The smallest absolute Gasteiger partial charge is 0.280 e. The second-order valence-corrected chi connectivity index (χ2v) is 3.15. The van der Waals surface area contributed by atoms with Crippen LogP contribution >= 0.6 is 0 Å². The minimum Gasteiger partial charge on any atom is -0.494 e. The molecule has 5 heteroatoms. The van der Waals surface area contributed by atoms with E-state index in [0.29, 0.717) is 12.4 Å². The van der Waals surface area contributed by atoms with E-state index in [1.165, 1.54) is 18.2 Å². The number of hydrogen-bond donors (Lipinski definition) is 0. The second kappa shape index (κ2) is 5.25. The minimum atomic E-state index is -0.557. The summed E-state index contributed by atoms with van der Waals surface area (Å²) in [5.74, 6) is 0.221. The van der Waals surface area contributed by atoms with Crippen molar-refractivity contribution in [3.05, 3.63) is 33.9 Å². The second-order valence-electron chi connectivity index (χ2n) is 3.15. The molecule has 0 fully saturated rings. The first-order valence-electron chi connectivity index (χ1n) is 5.04. The van der Waals surface area contributed by atoms with Crippen molar-refractivity contribution in [2.75, 3.05) is 6.61 Å². The highest BCUT2D eigenvalue weighted by Crippen LogP contribution is 2.25. The zero-order chi connectivity index (χ0) is 12.1. The molecule has 0 radical (unpaired) electrons. The molecule has 0 aromatic heterocycles. The van der Waals surface area contributed by atoms with Crippen molar-refractivity contribution in [3.63, 3.8) is 0 Å². The van der Waals surface area contributed by atoms with Crippen LogP contribution in [-0.4, -0.2) is 17.3 Å². The van der Waals surface area contributed by atoms with Gasteiger partial charge in [0.1, 0.15) is 5.75 Å². The third kappa shape index (κ3) is 2.56. The Hall–Kier alpha value is -1.91. The molecule has 0 atom stereocenters. The van der Waals surface area contributed by atoms with E-state index in [0.717, 1.165) is 0 Å². The maximum absolute atomic E-state index is 11.5. The Morgan fingerprint density at radius 1 is 1.44 bits per heavy atom. The van der Waals surface area contributed by atoms with E-state index >= 15 is 0 Å². The van der Waals surface area contributed by atoms with Gasteiger partial charge >= 0.3 is 0 Å². The van der Waals surface area contributed by atoms with Gasteiger partial charge in [-0.15, -0.1) is 0 Å². The first-order chi connectivity index (χ1) is 7.60. The summed E-state index contributed by atoms with van der Waals surface area (Å²) >= 11 is 0. The van der Waals surface area contributed by atoms with Crippen molar-refractivity contribution in [1.29, 1.82) is 0 Å². The number of carbonyl (C=O) groups is 1. The van der Waals surface area contributed by atoms with Crippen LogP contribution in [0.15, 0.2) is 18.2 Å². The highest BCUT2D eigenvalue weighted by atomic mass is 16.6. The molecule has 0 saturated heterocycles. The molecule has 1 aromatic rings. The van der Waals surface area contributed by atoms with Crippen LogP contribution in [0.4, 0.5) is 5.69 Å². The first-order valence-corrected chi connectivity index (χ1v) is 5.04. The van der Waals surface area contributed by atoms with Crippen molar-refractivity contribution >= 4 is 11.5 Å². The summed E-state index contributed by atoms with van der Waals surface area (Å²) in [5, 5.41) is 10.7. The van der Waals surface area contributed by atoms with Crippen molar-refractivity contribution in [2.45, 2.75) is 20.3 Å². The van der Waals surface area contributed by atoms with E-state index in [4.69, 9.17) is 4.74 Å². The van der Waals surface area contributed by atoms with Gasteiger partial charge in [0.25, 0.3) is 5.69 Å². The quantitative estimate of drug-likeness (QED) is 0.437. The summed E-state index contributed by atoms with van der Waals surface area (Å²) in [6.07, 6.45) is 0.233. The molecule has 5 nitrogen and oxygen atoms in total. The van der Waals surface area contributed by atoms with E-state index in [1.54, 1.807) is 6.92 Å². The lowest BCUT2D eigenvalue weighted by Gasteiger charge is -2.05. The average molecular weight is 223 g/mol. The van der Waals surface area contributed by atoms with Crippen molar-refractivity contribution in [1.82, 2.24) is 0 Å². The number of nitrogens with zero attached hydrogens (tertiary/aromatic N) is 1. The molecule has 0 spiro atoms. The predicted octanol–water partition coefficient (Wildman–Crippen LogP) is 2.59. The van der Waals surface area contributed by atoms with Crippen LogP contribution in [0.3, 0.4) is 0 Å². The molecule has 0 aliphatic rings. The highest BCUT2D eigenvalue weighted by Gasteiger charge is 2.19. The Morgan fingerprint density at radius 2 is 2.12 bits per heavy atom. The molecule has 0 bridgehead atoms. The fourth-order valence-electron chi connectivity index (χ4n) is 1.34. The van der Waals surface area contributed by atoms with Gasteiger partial charge < -0.3 is 4.74 Å². The Balaban J connectivity index is 3.21. The van der Waals surface area contributed by atoms with Crippen LogP contribution in [-0.2, 0) is 0 Å². The molecule has 0 saturated carbocycles.